The molecule has 0 bridgehead atoms. The Kier molecular flexibility index (Phi) is 11.3. The number of carbonyl (C=O) groups excluding carboxylic acids is 1. The summed E-state index contributed by atoms with van der Waals surface area (Å²) in [4.78, 5) is 24.5. The molecular formula is C15H29N3O3. The zero-order valence-corrected chi connectivity index (χ0v) is 13.1. The van der Waals surface area contributed by atoms with E-state index >= 15 is 0 Å². The van der Waals surface area contributed by atoms with Crippen molar-refractivity contribution in [2.75, 3.05) is 32.7 Å². The molecule has 6 nitrogen and oxygen atoms in total. The first-order valence-corrected chi connectivity index (χ1v) is 7.60. The molecule has 0 unspecified atom stereocenters. The average Bonchev–Trinajstić information content (AvgIpc) is 2.47. The average molecular weight is 299 g/mol. The number of hydrogen-bond donors (Lipinski definition) is 2. The first-order chi connectivity index (χ1) is 10.0. The molecule has 21 heavy (non-hydrogen) atoms. The Hall–Kier alpha value is -1.56. The van der Waals surface area contributed by atoms with E-state index in [0.717, 1.165) is 45.4 Å². The van der Waals surface area contributed by atoms with Gasteiger partial charge in [0, 0.05) is 26.2 Å². The molecule has 0 aromatic rings. The molecule has 122 valence electrons. The van der Waals surface area contributed by atoms with E-state index in [-0.39, 0.29) is 12.5 Å². The van der Waals surface area contributed by atoms with E-state index in [9.17, 15) is 9.59 Å². The summed E-state index contributed by atoms with van der Waals surface area (Å²) in [7, 11) is 0. The highest BCUT2D eigenvalue weighted by Gasteiger charge is 2.11. The van der Waals surface area contributed by atoms with Crippen LogP contribution in [0.25, 0.3) is 0 Å². The predicted molar refractivity (Wildman–Crippen MR) is 84.2 cm³/mol. The van der Waals surface area contributed by atoms with Crippen molar-refractivity contribution in [1.82, 2.24) is 9.80 Å². The first kappa shape index (κ1) is 19.4. The molecule has 0 atom stereocenters. The van der Waals surface area contributed by atoms with Gasteiger partial charge in [0.2, 0.25) is 0 Å². The summed E-state index contributed by atoms with van der Waals surface area (Å²) in [5.41, 5.74) is 5.05. The summed E-state index contributed by atoms with van der Waals surface area (Å²) in [6, 6.07) is -0.269. The van der Waals surface area contributed by atoms with Crippen LogP contribution in [0.3, 0.4) is 0 Å². The molecule has 1 rings (SSSR count). The van der Waals surface area contributed by atoms with E-state index < -0.39 is 5.97 Å². The van der Waals surface area contributed by atoms with Crippen LogP contribution in [-0.4, -0.2) is 59.6 Å². The molecule has 1 fully saturated rings. The van der Waals surface area contributed by atoms with Crippen LogP contribution in [0.1, 0.15) is 39.0 Å². The molecule has 1 saturated heterocycles. The zero-order valence-electron chi connectivity index (χ0n) is 13.1. The van der Waals surface area contributed by atoms with Gasteiger partial charge in [-0.05, 0) is 32.2 Å². The molecule has 6 heteroatoms. The fourth-order valence-electron chi connectivity index (χ4n) is 2.16. The standard InChI is InChI=1S/C9H17NO2.C6H12N2O/c1-3-6-10(7-4-2)8-5-9(11)12;7-6(9)8-4-2-1-3-5-8/h3H,1,4-8H2,2H3,(H,11,12);1-5H2,(H2,7,9). The number of amides is 2. The van der Waals surface area contributed by atoms with Crippen LogP contribution in [0.4, 0.5) is 4.79 Å². The van der Waals surface area contributed by atoms with Gasteiger partial charge in [-0.2, -0.15) is 0 Å². The number of primary amides is 1. The van der Waals surface area contributed by atoms with E-state index in [1.54, 1.807) is 11.0 Å². The minimum absolute atomic E-state index is 0.216. The molecular weight excluding hydrogens is 270 g/mol. The van der Waals surface area contributed by atoms with Gasteiger partial charge in [-0.25, -0.2) is 4.79 Å². The van der Waals surface area contributed by atoms with Gasteiger partial charge in [-0.1, -0.05) is 13.0 Å². The Morgan fingerprint density at radius 1 is 1.29 bits per heavy atom. The van der Waals surface area contributed by atoms with E-state index in [0.29, 0.717) is 6.54 Å². The van der Waals surface area contributed by atoms with Crippen LogP contribution in [-0.2, 0) is 4.79 Å². The molecule has 0 aromatic carbocycles. The van der Waals surface area contributed by atoms with Crippen LogP contribution in [0.2, 0.25) is 0 Å². The summed E-state index contributed by atoms with van der Waals surface area (Å²) >= 11 is 0. The number of carbonyl (C=O) groups is 2. The minimum atomic E-state index is -0.736. The highest BCUT2D eigenvalue weighted by Crippen LogP contribution is 2.07. The number of likely N-dealkylation sites (tertiary alicyclic amines) is 1. The van der Waals surface area contributed by atoms with E-state index in [2.05, 4.69) is 18.4 Å². The van der Waals surface area contributed by atoms with Crippen molar-refractivity contribution in [1.29, 1.82) is 0 Å². The Bertz CT molecular complexity index is 315. The monoisotopic (exact) mass is 299 g/mol. The second kappa shape index (κ2) is 12.2. The smallest absolute Gasteiger partial charge is 0.314 e. The number of aliphatic carboxylic acids is 1. The van der Waals surface area contributed by atoms with Crippen LogP contribution >= 0.6 is 0 Å². The third-order valence-electron chi connectivity index (χ3n) is 3.24. The Balaban J connectivity index is 0.000000394. The van der Waals surface area contributed by atoms with Gasteiger partial charge >= 0.3 is 12.0 Å². The Morgan fingerprint density at radius 3 is 2.29 bits per heavy atom. The number of carboxylic acids is 1. The number of nitrogens with zero attached hydrogens (tertiary/aromatic N) is 2. The lowest BCUT2D eigenvalue weighted by molar-refractivity contribution is -0.137. The highest BCUT2D eigenvalue weighted by molar-refractivity contribution is 5.72. The van der Waals surface area contributed by atoms with Crippen molar-refractivity contribution >= 4 is 12.0 Å². The van der Waals surface area contributed by atoms with Crippen LogP contribution < -0.4 is 5.73 Å². The lowest BCUT2D eigenvalue weighted by Gasteiger charge is -2.24. The summed E-state index contributed by atoms with van der Waals surface area (Å²) < 4.78 is 0. The summed E-state index contributed by atoms with van der Waals surface area (Å²) in [5, 5.41) is 8.45. The first-order valence-electron chi connectivity index (χ1n) is 7.60. The van der Waals surface area contributed by atoms with Gasteiger partial charge in [0.15, 0.2) is 0 Å². The molecule has 0 spiro atoms. The maximum Gasteiger partial charge on any atom is 0.314 e. The van der Waals surface area contributed by atoms with Crippen LogP contribution in [0, 0.1) is 0 Å². The molecule has 3 N–H and O–H groups in total. The van der Waals surface area contributed by atoms with E-state index in [4.69, 9.17) is 10.8 Å². The quantitative estimate of drug-likeness (QED) is 0.703. The molecule has 0 aromatic heterocycles. The number of piperidine rings is 1. The van der Waals surface area contributed by atoms with Crippen LogP contribution in [0.5, 0.6) is 0 Å². The van der Waals surface area contributed by atoms with Gasteiger partial charge < -0.3 is 15.7 Å². The molecule has 0 saturated carbocycles. The van der Waals surface area contributed by atoms with Crippen molar-refractivity contribution in [3.8, 4) is 0 Å². The lowest BCUT2D eigenvalue weighted by Crippen LogP contribution is -2.39. The lowest BCUT2D eigenvalue weighted by atomic mass is 10.1. The third kappa shape index (κ3) is 10.8. The van der Waals surface area contributed by atoms with Gasteiger partial charge in [-0.15, -0.1) is 6.58 Å². The summed E-state index contributed by atoms with van der Waals surface area (Å²) in [6.45, 7) is 9.76. The maximum absolute atomic E-state index is 10.5. The van der Waals surface area contributed by atoms with Gasteiger partial charge in [0.05, 0.1) is 6.42 Å². The minimum Gasteiger partial charge on any atom is -0.481 e. The number of urea groups is 1. The second-order valence-corrected chi connectivity index (χ2v) is 5.12. The molecule has 1 aliphatic heterocycles. The summed E-state index contributed by atoms with van der Waals surface area (Å²) in [6.07, 6.45) is 6.54. The molecule has 0 radical (unpaired) electrons. The van der Waals surface area contributed by atoms with Crippen LogP contribution in [0.15, 0.2) is 12.7 Å². The number of rotatable bonds is 7. The topological polar surface area (TPSA) is 86.9 Å². The maximum atomic E-state index is 10.5. The SMILES string of the molecule is C=CCN(CCC)CCC(=O)O.NC(=O)N1CCCCC1. The summed E-state index contributed by atoms with van der Waals surface area (Å²) in [5.74, 6) is -0.736. The fourth-order valence-corrected chi connectivity index (χ4v) is 2.16. The molecule has 1 heterocycles. The molecule has 1 aliphatic rings. The number of carboxylic acid groups (broad SMARTS) is 1. The molecule has 2 amide bonds. The largest absolute Gasteiger partial charge is 0.481 e. The highest BCUT2D eigenvalue weighted by atomic mass is 16.4. The van der Waals surface area contributed by atoms with E-state index in [1.807, 2.05) is 0 Å². The number of nitrogens with two attached hydrogens (primary N) is 1. The van der Waals surface area contributed by atoms with Crippen molar-refractivity contribution in [2.45, 2.75) is 39.0 Å². The van der Waals surface area contributed by atoms with Crippen molar-refractivity contribution in [2.24, 2.45) is 5.73 Å². The molecule has 0 aliphatic carbocycles. The number of hydrogen-bond acceptors (Lipinski definition) is 3. The van der Waals surface area contributed by atoms with Crippen molar-refractivity contribution in [3.63, 3.8) is 0 Å². The van der Waals surface area contributed by atoms with Gasteiger partial charge in [0.25, 0.3) is 0 Å². The van der Waals surface area contributed by atoms with Gasteiger partial charge in [-0.3, -0.25) is 9.69 Å². The normalized spacial score (nSPS) is 14.3. The van der Waals surface area contributed by atoms with Gasteiger partial charge in [0.1, 0.15) is 0 Å². The zero-order chi connectivity index (χ0) is 16.1. The third-order valence-corrected chi connectivity index (χ3v) is 3.24. The second-order valence-electron chi connectivity index (χ2n) is 5.12. The van der Waals surface area contributed by atoms with E-state index in [1.165, 1.54) is 6.42 Å². The van der Waals surface area contributed by atoms with Crippen molar-refractivity contribution < 1.29 is 14.7 Å². The fraction of sp³-hybridized carbons (Fsp3) is 0.733. The Labute approximate surface area is 127 Å². The van der Waals surface area contributed by atoms with Crippen molar-refractivity contribution in [3.05, 3.63) is 12.7 Å². The Morgan fingerprint density at radius 2 is 1.90 bits per heavy atom. The predicted octanol–water partition coefficient (Wildman–Crippen LogP) is 1.91.